The van der Waals surface area contributed by atoms with Gasteiger partial charge in [-0.05, 0) is 90.3 Å². The fraction of sp³-hybridized carbons (Fsp3) is 0.0370. The fourth-order valence-corrected chi connectivity index (χ4v) is 11.6. The first-order valence-electron chi connectivity index (χ1n) is 20.0. The lowest BCUT2D eigenvalue weighted by Crippen LogP contribution is -2.11. The van der Waals surface area contributed by atoms with E-state index in [0.29, 0.717) is 0 Å². The third-order valence-electron chi connectivity index (χ3n) is 11.4. The maximum atomic E-state index is 3.72. The topological polar surface area (TPSA) is 8.17 Å². The number of aromatic nitrogens is 1. The molecule has 11 aromatic rings. The maximum Gasteiger partial charge on any atom is 0.0626 e. The van der Waals surface area contributed by atoms with E-state index in [9.17, 15) is 0 Å². The van der Waals surface area contributed by atoms with Gasteiger partial charge in [-0.2, -0.15) is 0 Å². The van der Waals surface area contributed by atoms with E-state index in [2.05, 4.69) is 226 Å². The lowest BCUT2D eigenvalue weighted by atomic mass is 9.99. The number of thioether (sulfide) groups is 1. The number of hydrogen-bond donors (Lipinski definition) is 0. The molecule has 0 saturated carbocycles. The van der Waals surface area contributed by atoms with E-state index in [-0.39, 0.29) is 0 Å². The Morgan fingerprint density at radius 3 is 2.07 bits per heavy atom. The zero-order valence-corrected chi connectivity index (χ0v) is 35.3. The first kappa shape index (κ1) is 36.0. The van der Waals surface area contributed by atoms with Gasteiger partial charge in [-0.1, -0.05) is 143 Å². The van der Waals surface area contributed by atoms with Crippen LogP contribution in [0.25, 0.3) is 69.6 Å². The Morgan fingerprint density at radius 1 is 0.525 bits per heavy atom. The Kier molecular flexibility index (Phi) is 9.30. The van der Waals surface area contributed by atoms with Crippen LogP contribution in [-0.4, -0.2) is 10.3 Å². The second kappa shape index (κ2) is 15.2. The zero-order valence-electron chi connectivity index (χ0n) is 32.1. The first-order valence-corrected chi connectivity index (χ1v) is 22.6. The average molecular weight is 858 g/mol. The summed E-state index contributed by atoms with van der Waals surface area (Å²) in [5.41, 5.74) is 10.8. The van der Waals surface area contributed by atoms with Crippen LogP contribution in [0, 0.1) is 0 Å². The predicted octanol–water partition coefficient (Wildman–Crippen LogP) is 16.5. The van der Waals surface area contributed by atoms with Gasteiger partial charge in [-0.15, -0.1) is 23.1 Å². The van der Waals surface area contributed by atoms with Crippen molar-refractivity contribution in [3.05, 3.63) is 210 Å². The molecule has 2 aromatic heterocycles. The Bertz CT molecular complexity index is 3310. The van der Waals surface area contributed by atoms with Crippen LogP contribution in [0.1, 0.15) is 5.56 Å². The molecule has 0 spiro atoms. The van der Waals surface area contributed by atoms with Gasteiger partial charge in [0.25, 0.3) is 0 Å². The summed E-state index contributed by atoms with van der Waals surface area (Å²) in [5, 5.41) is 7.73. The molecule has 2 nitrogen and oxygen atoms in total. The van der Waals surface area contributed by atoms with Crippen molar-refractivity contribution in [1.29, 1.82) is 0 Å². The summed E-state index contributed by atoms with van der Waals surface area (Å²) in [5.74, 6) is 1.28. The Labute approximate surface area is 360 Å². The van der Waals surface area contributed by atoms with Crippen molar-refractivity contribution in [2.24, 2.45) is 0 Å². The molecule has 1 aliphatic rings. The summed E-state index contributed by atoms with van der Waals surface area (Å²) < 4.78 is 6.19. The highest BCUT2D eigenvalue weighted by molar-refractivity contribution is 9.10. The van der Waals surface area contributed by atoms with Crippen molar-refractivity contribution >= 4 is 109 Å². The number of nitrogens with zero attached hydrogens (tertiary/aromatic N) is 2. The molecular formula is C54H37BrN2S2. The van der Waals surface area contributed by atoms with Gasteiger partial charge < -0.3 is 9.47 Å². The molecule has 5 heteroatoms. The summed E-state index contributed by atoms with van der Waals surface area (Å²) in [7, 11) is 0. The van der Waals surface area contributed by atoms with Crippen molar-refractivity contribution in [3.8, 4) is 16.8 Å². The van der Waals surface area contributed by atoms with Gasteiger partial charge in [-0.3, -0.25) is 0 Å². The predicted molar refractivity (Wildman–Crippen MR) is 260 cm³/mol. The molecule has 0 radical (unpaired) electrons. The molecule has 0 atom stereocenters. The van der Waals surface area contributed by atoms with E-state index in [0.717, 1.165) is 32.8 Å². The van der Waals surface area contributed by atoms with Crippen LogP contribution in [-0.2, 0) is 6.42 Å². The van der Waals surface area contributed by atoms with Gasteiger partial charge in [0.1, 0.15) is 0 Å². The lowest BCUT2D eigenvalue weighted by Gasteiger charge is -2.28. The summed E-state index contributed by atoms with van der Waals surface area (Å²) in [6, 6.07) is 72.3. The molecule has 0 bridgehead atoms. The highest BCUT2D eigenvalue weighted by Gasteiger charge is 2.24. The van der Waals surface area contributed by atoms with E-state index in [1.807, 2.05) is 23.1 Å². The summed E-state index contributed by atoms with van der Waals surface area (Å²) in [6.07, 6.45) is 1.26. The highest BCUT2D eigenvalue weighted by Crippen LogP contribution is 2.50. The van der Waals surface area contributed by atoms with Crippen LogP contribution in [0.5, 0.6) is 0 Å². The largest absolute Gasteiger partial charge is 0.310 e. The molecule has 0 saturated heterocycles. The van der Waals surface area contributed by atoms with E-state index in [1.54, 1.807) is 0 Å². The zero-order chi connectivity index (χ0) is 39.3. The van der Waals surface area contributed by atoms with E-state index >= 15 is 0 Å². The Morgan fingerprint density at radius 2 is 1.24 bits per heavy atom. The van der Waals surface area contributed by atoms with Gasteiger partial charge in [0.15, 0.2) is 0 Å². The molecule has 12 rings (SSSR count). The Balaban J connectivity index is 0.000000388. The number of aryl methyl sites for hydroxylation is 1. The smallest absolute Gasteiger partial charge is 0.0626 e. The van der Waals surface area contributed by atoms with Crippen LogP contribution in [0.4, 0.5) is 17.1 Å². The molecule has 0 aliphatic carbocycles. The lowest BCUT2D eigenvalue weighted by molar-refractivity contribution is 1.15. The molecule has 0 fully saturated rings. The number of para-hydroxylation sites is 3. The van der Waals surface area contributed by atoms with Crippen molar-refractivity contribution in [2.45, 2.75) is 11.3 Å². The fourth-order valence-electron chi connectivity index (χ4n) is 8.84. The highest BCUT2D eigenvalue weighted by atomic mass is 79.9. The number of hydrogen-bond acceptors (Lipinski definition) is 3. The minimum atomic E-state index is 1.06. The standard InChI is InChI=1S/C46H29BrN2S.C8H8S/c47-31-15-13-14-30(28-31)35-20-9-11-24-40(35)48(32-16-3-1-4-17-32)34-26-27-41-39(29-34)43-44-38-23-10-12-25-42(38)50-46(44)37-22-8-7-21-36(37)45(43)49(41)33-18-5-2-6-19-33;1-2-4-8-7(3-1)5-6-9-8/h1-29H;1-4H,5-6H2. The third kappa shape index (κ3) is 6.33. The van der Waals surface area contributed by atoms with Gasteiger partial charge >= 0.3 is 0 Å². The van der Waals surface area contributed by atoms with Crippen LogP contribution < -0.4 is 4.90 Å². The van der Waals surface area contributed by atoms with Gasteiger partial charge in [0.05, 0.1) is 16.7 Å². The molecule has 0 N–H and O–H groups in total. The summed E-state index contributed by atoms with van der Waals surface area (Å²) >= 11 is 7.59. The van der Waals surface area contributed by atoms with Crippen LogP contribution in [0.2, 0.25) is 0 Å². The second-order valence-corrected chi connectivity index (χ2v) is 18.0. The molecule has 0 amide bonds. The molecule has 3 heterocycles. The average Bonchev–Trinajstić information content (AvgIpc) is 4.02. The SMILES string of the molecule is Brc1cccc(-c2ccccc2N(c2ccccc2)c2ccc3c(c2)c2c4c5ccccc5sc4c4ccccc4c2n3-c2ccccc2)c1.c1ccc2c(c1)CCS2. The van der Waals surface area contributed by atoms with Crippen molar-refractivity contribution in [1.82, 2.24) is 4.57 Å². The number of benzene rings is 9. The van der Waals surface area contributed by atoms with Crippen molar-refractivity contribution in [3.63, 3.8) is 0 Å². The van der Waals surface area contributed by atoms with E-state index in [1.165, 1.54) is 80.9 Å². The normalized spacial score (nSPS) is 12.3. The van der Waals surface area contributed by atoms with Gasteiger partial charge in [0.2, 0.25) is 0 Å². The number of rotatable bonds is 5. The Hall–Kier alpha value is -6.11. The number of anilines is 3. The van der Waals surface area contributed by atoms with Crippen LogP contribution in [0.3, 0.4) is 0 Å². The van der Waals surface area contributed by atoms with Crippen molar-refractivity contribution in [2.75, 3.05) is 10.7 Å². The van der Waals surface area contributed by atoms with Gasteiger partial charge in [0, 0.05) is 79.5 Å². The van der Waals surface area contributed by atoms with Gasteiger partial charge in [-0.25, -0.2) is 0 Å². The van der Waals surface area contributed by atoms with Crippen molar-refractivity contribution < 1.29 is 0 Å². The number of halogens is 1. The van der Waals surface area contributed by atoms with Crippen LogP contribution in [0.15, 0.2) is 210 Å². The van der Waals surface area contributed by atoms with Crippen LogP contribution >= 0.6 is 39.0 Å². The summed E-state index contributed by atoms with van der Waals surface area (Å²) in [4.78, 5) is 3.89. The monoisotopic (exact) mass is 856 g/mol. The quantitative estimate of drug-likeness (QED) is 0.170. The molecule has 0 unspecified atom stereocenters. The second-order valence-electron chi connectivity index (χ2n) is 14.8. The first-order chi connectivity index (χ1) is 29.2. The molecule has 59 heavy (non-hydrogen) atoms. The molecule has 282 valence electrons. The number of fused-ring (bicyclic) bond motifs is 11. The molecular weight excluding hydrogens is 821 g/mol. The summed E-state index contributed by atoms with van der Waals surface area (Å²) in [6.45, 7) is 0. The van der Waals surface area contributed by atoms with E-state index in [4.69, 9.17) is 0 Å². The number of thiophene rings is 1. The van der Waals surface area contributed by atoms with E-state index < -0.39 is 0 Å². The minimum Gasteiger partial charge on any atom is -0.310 e. The molecule has 1 aliphatic heterocycles. The maximum absolute atomic E-state index is 3.72. The molecule has 9 aromatic carbocycles. The third-order valence-corrected chi connectivity index (χ3v) is 14.2. The minimum absolute atomic E-state index is 1.06.